The van der Waals surface area contributed by atoms with Crippen molar-refractivity contribution >= 4 is 34.8 Å². The third-order valence-corrected chi connectivity index (χ3v) is 3.40. The molecule has 1 aromatic rings. The van der Waals surface area contributed by atoms with E-state index in [0.29, 0.717) is 31.9 Å². The number of nitrogens with two attached hydrogens (primary N) is 1. The lowest BCUT2D eigenvalue weighted by molar-refractivity contribution is 0.0686. The van der Waals surface area contributed by atoms with Gasteiger partial charge in [-0.2, -0.15) is 0 Å². The Bertz CT molecular complexity index is 447. The van der Waals surface area contributed by atoms with E-state index in [9.17, 15) is 4.79 Å². The highest BCUT2D eigenvalue weighted by Crippen LogP contribution is 2.28. The highest BCUT2D eigenvalue weighted by Gasteiger charge is 2.10. The SMILES string of the molecule is COCCOCCCCNC(=O)c1cc(Cl)c(N)c(Cl)c1. The molecule has 3 N–H and O–H groups in total. The Balaban J connectivity index is 2.25. The Morgan fingerprint density at radius 1 is 1.19 bits per heavy atom. The van der Waals surface area contributed by atoms with Crippen molar-refractivity contribution < 1.29 is 14.3 Å². The summed E-state index contributed by atoms with van der Waals surface area (Å²) < 4.78 is 10.2. The molecular formula is C14H20Cl2N2O3. The van der Waals surface area contributed by atoms with Crippen LogP contribution >= 0.6 is 23.2 Å². The first-order chi connectivity index (χ1) is 10.1. The summed E-state index contributed by atoms with van der Waals surface area (Å²) in [5.41, 5.74) is 6.30. The number of ether oxygens (including phenoxy) is 2. The third kappa shape index (κ3) is 6.52. The second-order valence-electron chi connectivity index (χ2n) is 4.42. The number of benzene rings is 1. The van der Waals surface area contributed by atoms with Crippen molar-refractivity contribution in [3.05, 3.63) is 27.7 Å². The second-order valence-corrected chi connectivity index (χ2v) is 5.24. The number of carbonyl (C=O) groups is 1. The fraction of sp³-hybridized carbons (Fsp3) is 0.500. The number of anilines is 1. The first-order valence-electron chi connectivity index (χ1n) is 6.65. The highest BCUT2D eigenvalue weighted by molar-refractivity contribution is 6.39. The average molecular weight is 335 g/mol. The Kier molecular flexibility index (Phi) is 8.45. The molecule has 0 atom stereocenters. The first kappa shape index (κ1) is 18.0. The van der Waals surface area contributed by atoms with Crippen molar-refractivity contribution in [3.8, 4) is 0 Å². The van der Waals surface area contributed by atoms with E-state index < -0.39 is 0 Å². The van der Waals surface area contributed by atoms with Gasteiger partial charge in [0.25, 0.3) is 5.91 Å². The standard InChI is InChI=1S/C14H20Cl2N2O3/c1-20-6-7-21-5-3-2-4-18-14(19)10-8-11(15)13(17)12(16)9-10/h8-9H,2-7,17H2,1H3,(H,18,19). The summed E-state index contributed by atoms with van der Waals surface area (Å²) in [6, 6.07) is 3.01. The van der Waals surface area contributed by atoms with Crippen LogP contribution in [-0.2, 0) is 9.47 Å². The molecule has 0 unspecified atom stereocenters. The molecular weight excluding hydrogens is 315 g/mol. The van der Waals surface area contributed by atoms with Crippen molar-refractivity contribution in [1.82, 2.24) is 5.32 Å². The number of hydrogen-bond donors (Lipinski definition) is 2. The molecule has 118 valence electrons. The number of amides is 1. The molecule has 0 bridgehead atoms. The summed E-state index contributed by atoms with van der Waals surface area (Å²) in [5.74, 6) is -0.223. The van der Waals surface area contributed by atoms with E-state index >= 15 is 0 Å². The molecule has 0 radical (unpaired) electrons. The number of rotatable bonds is 9. The van der Waals surface area contributed by atoms with Gasteiger partial charge in [-0.3, -0.25) is 4.79 Å². The molecule has 0 aliphatic rings. The molecule has 0 aliphatic carbocycles. The summed E-state index contributed by atoms with van der Waals surface area (Å²) in [4.78, 5) is 11.9. The van der Waals surface area contributed by atoms with Gasteiger partial charge in [-0.15, -0.1) is 0 Å². The van der Waals surface area contributed by atoms with Crippen LogP contribution in [0.3, 0.4) is 0 Å². The van der Waals surface area contributed by atoms with Crippen molar-refractivity contribution in [2.75, 3.05) is 39.2 Å². The number of halogens is 2. The lowest BCUT2D eigenvalue weighted by Gasteiger charge is -2.08. The summed E-state index contributed by atoms with van der Waals surface area (Å²) in [5, 5.41) is 3.35. The number of unbranched alkanes of at least 4 members (excludes halogenated alkanes) is 1. The molecule has 0 spiro atoms. The van der Waals surface area contributed by atoms with E-state index in [1.54, 1.807) is 7.11 Å². The second kappa shape index (κ2) is 9.84. The van der Waals surface area contributed by atoms with Crippen LogP contribution < -0.4 is 11.1 Å². The van der Waals surface area contributed by atoms with Crippen molar-refractivity contribution in [2.24, 2.45) is 0 Å². The van der Waals surface area contributed by atoms with Gasteiger partial charge in [0, 0.05) is 25.8 Å². The molecule has 5 nitrogen and oxygen atoms in total. The fourth-order valence-corrected chi connectivity index (χ4v) is 2.08. The predicted octanol–water partition coefficient (Wildman–Crippen LogP) is 2.75. The number of methoxy groups -OCH3 is 1. The molecule has 1 rings (SSSR count). The summed E-state index contributed by atoms with van der Waals surface area (Å²) >= 11 is 11.8. The van der Waals surface area contributed by atoms with Crippen molar-refractivity contribution in [2.45, 2.75) is 12.8 Å². The van der Waals surface area contributed by atoms with E-state index in [2.05, 4.69) is 5.32 Å². The maximum atomic E-state index is 11.9. The number of nitrogen functional groups attached to an aromatic ring is 1. The number of nitrogens with one attached hydrogen (secondary N) is 1. The van der Waals surface area contributed by atoms with E-state index in [1.807, 2.05) is 0 Å². The summed E-state index contributed by atoms with van der Waals surface area (Å²) in [6.45, 7) is 2.39. The van der Waals surface area contributed by atoms with Crippen LogP contribution in [0, 0.1) is 0 Å². The zero-order chi connectivity index (χ0) is 15.7. The zero-order valence-electron chi connectivity index (χ0n) is 12.0. The van der Waals surface area contributed by atoms with Crippen LogP contribution in [0.5, 0.6) is 0 Å². The minimum Gasteiger partial charge on any atom is -0.396 e. The first-order valence-corrected chi connectivity index (χ1v) is 7.41. The lowest BCUT2D eigenvalue weighted by atomic mass is 10.2. The Morgan fingerprint density at radius 2 is 1.86 bits per heavy atom. The Labute approximate surface area is 134 Å². The van der Waals surface area contributed by atoms with Gasteiger partial charge >= 0.3 is 0 Å². The molecule has 0 aromatic heterocycles. The van der Waals surface area contributed by atoms with Crippen LogP contribution in [-0.4, -0.2) is 39.4 Å². The third-order valence-electron chi connectivity index (χ3n) is 2.77. The molecule has 0 saturated heterocycles. The Morgan fingerprint density at radius 3 is 2.48 bits per heavy atom. The molecule has 7 heteroatoms. The minimum absolute atomic E-state index is 0.223. The van der Waals surface area contributed by atoms with Gasteiger partial charge in [0.15, 0.2) is 0 Å². The Hall–Kier alpha value is -1.01. The number of carbonyl (C=O) groups excluding carboxylic acids is 1. The topological polar surface area (TPSA) is 73.6 Å². The predicted molar refractivity (Wildman–Crippen MR) is 85.1 cm³/mol. The quantitative estimate of drug-likeness (QED) is 0.538. The lowest BCUT2D eigenvalue weighted by Crippen LogP contribution is -2.24. The molecule has 0 saturated carbocycles. The maximum Gasteiger partial charge on any atom is 0.251 e. The van der Waals surface area contributed by atoms with Gasteiger partial charge in [-0.25, -0.2) is 0 Å². The molecule has 0 aliphatic heterocycles. The van der Waals surface area contributed by atoms with Crippen LogP contribution in [0.4, 0.5) is 5.69 Å². The van der Waals surface area contributed by atoms with Crippen LogP contribution in [0.15, 0.2) is 12.1 Å². The molecule has 0 fully saturated rings. The van der Waals surface area contributed by atoms with Gasteiger partial charge in [0.05, 0.1) is 28.9 Å². The van der Waals surface area contributed by atoms with E-state index in [1.165, 1.54) is 12.1 Å². The zero-order valence-corrected chi connectivity index (χ0v) is 13.5. The minimum atomic E-state index is -0.223. The molecule has 1 aromatic carbocycles. The summed E-state index contributed by atoms with van der Waals surface area (Å²) in [7, 11) is 1.63. The largest absolute Gasteiger partial charge is 0.396 e. The monoisotopic (exact) mass is 334 g/mol. The van der Waals surface area contributed by atoms with E-state index in [0.717, 1.165) is 12.8 Å². The van der Waals surface area contributed by atoms with Crippen LogP contribution in [0.1, 0.15) is 23.2 Å². The van der Waals surface area contributed by atoms with Crippen LogP contribution in [0.25, 0.3) is 0 Å². The highest BCUT2D eigenvalue weighted by atomic mass is 35.5. The van der Waals surface area contributed by atoms with E-state index in [-0.39, 0.29) is 21.6 Å². The number of hydrogen-bond acceptors (Lipinski definition) is 4. The normalized spacial score (nSPS) is 10.6. The van der Waals surface area contributed by atoms with Gasteiger partial charge in [-0.05, 0) is 25.0 Å². The van der Waals surface area contributed by atoms with Gasteiger partial charge in [0.1, 0.15) is 0 Å². The maximum absolute atomic E-state index is 11.9. The molecule has 0 heterocycles. The van der Waals surface area contributed by atoms with Gasteiger partial charge < -0.3 is 20.5 Å². The fourth-order valence-electron chi connectivity index (χ4n) is 1.59. The van der Waals surface area contributed by atoms with Crippen molar-refractivity contribution in [3.63, 3.8) is 0 Å². The van der Waals surface area contributed by atoms with Crippen LogP contribution in [0.2, 0.25) is 10.0 Å². The van der Waals surface area contributed by atoms with Crippen molar-refractivity contribution in [1.29, 1.82) is 0 Å². The molecule has 1 amide bonds. The van der Waals surface area contributed by atoms with E-state index in [4.69, 9.17) is 38.4 Å². The smallest absolute Gasteiger partial charge is 0.251 e. The van der Waals surface area contributed by atoms with Gasteiger partial charge in [-0.1, -0.05) is 23.2 Å². The molecule has 21 heavy (non-hydrogen) atoms. The average Bonchev–Trinajstić information content (AvgIpc) is 2.46. The summed E-state index contributed by atoms with van der Waals surface area (Å²) in [6.07, 6.45) is 1.70. The van der Waals surface area contributed by atoms with Gasteiger partial charge in [0.2, 0.25) is 0 Å².